The molecule has 8 nitrogen and oxygen atoms in total. The molecule has 2 bridgehead atoms. The van der Waals surface area contributed by atoms with Crippen LogP contribution in [0.3, 0.4) is 0 Å². The van der Waals surface area contributed by atoms with E-state index in [4.69, 9.17) is 0 Å². The van der Waals surface area contributed by atoms with Gasteiger partial charge in [0.1, 0.15) is 0 Å². The Hall–Kier alpha value is -2.61. The van der Waals surface area contributed by atoms with E-state index in [0.29, 0.717) is 18.2 Å². The highest BCUT2D eigenvalue weighted by Crippen LogP contribution is 2.29. The van der Waals surface area contributed by atoms with Crippen molar-refractivity contribution in [3.8, 4) is 0 Å². The number of anilines is 1. The molecule has 2 N–H and O–H groups in total. The molecular weight excluding hydrogens is 368 g/mol. The SMILES string of the molecule is CCCN1CCN(c2ccc3[nH]nc(C(=O)N[C@@H]4CN5CCC4CC5)c3c2)C1=O. The molecule has 1 atom stereocenters. The zero-order valence-electron chi connectivity index (χ0n) is 16.9. The van der Waals surface area contributed by atoms with Crippen molar-refractivity contribution in [1.29, 1.82) is 0 Å². The fourth-order valence-electron chi connectivity index (χ4n) is 5.01. The van der Waals surface area contributed by atoms with Crippen molar-refractivity contribution in [3.05, 3.63) is 23.9 Å². The molecule has 5 heterocycles. The minimum Gasteiger partial charge on any atom is -0.346 e. The van der Waals surface area contributed by atoms with Gasteiger partial charge >= 0.3 is 6.03 Å². The van der Waals surface area contributed by atoms with E-state index in [1.165, 1.54) is 0 Å². The van der Waals surface area contributed by atoms with E-state index in [2.05, 4.69) is 27.3 Å². The zero-order valence-corrected chi connectivity index (χ0v) is 16.9. The molecule has 4 aliphatic heterocycles. The monoisotopic (exact) mass is 396 g/mol. The fourth-order valence-corrected chi connectivity index (χ4v) is 5.01. The van der Waals surface area contributed by atoms with Crippen molar-refractivity contribution in [2.45, 2.75) is 32.2 Å². The number of nitrogens with zero attached hydrogens (tertiary/aromatic N) is 4. The van der Waals surface area contributed by atoms with Crippen LogP contribution in [0.15, 0.2) is 18.2 Å². The molecule has 2 aromatic rings. The lowest BCUT2D eigenvalue weighted by molar-refractivity contribution is 0.0618. The summed E-state index contributed by atoms with van der Waals surface area (Å²) in [5.41, 5.74) is 2.04. The Kier molecular flexibility index (Phi) is 4.66. The topological polar surface area (TPSA) is 84.6 Å². The van der Waals surface area contributed by atoms with E-state index in [0.717, 1.165) is 68.6 Å². The summed E-state index contributed by atoms with van der Waals surface area (Å²) in [4.78, 5) is 31.8. The molecule has 0 saturated carbocycles. The van der Waals surface area contributed by atoms with Gasteiger partial charge in [-0.25, -0.2) is 4.79 Å². The van der Waals surface area contributed by atoms with Gasteiger partial charge in [0.15, 0.2) is 5.69 Å². The summed E-state index contributed by atoms with van der Waals surface area (Å²) in [5.74, 6) is 0.434. The molecule has 154 valence electrons. The van der Waals surface area contributed by atoms with Crippen molar-refractivity contribution in [3.63, 3.8) is 0 Å². The van der Waals surface area contributed by atoms with Gasteiger partial charge in [-0.1, -0.05) is 6.92 Å². The quantitative estimate of drug-likeness (QED) is 0.810. The summed E-state index contributed by atoms with van der Waals surface area (Å²) < 4.78 is 0. The Morgan fingerprint density at radius 3 is 2.79 bits per heavy atom. The Labute approximate surface area is 170 Å². The lowest BCUT2D eigenvalue weighted by atomic mass is 9.84. The maximum absolute atomic E-state index is 13.0. The van der Waals surface area contributed by atoms with Crippen LogP contribution in [0.2, 0.25) is 0 Å². The number of carbonyl (C=O) groups is 2. The number of aromatic nitrogens is 2. The van der Waals surface area contributed by atoms with Crippen molar-refractivity contribution >= 4 is 28.5 Å². The van der Waals surface area contributed by atoms with Crippen LogP contribution >= 0.6 is 0 Å². The van der Waals surface area contributed by atoms with E-state index >= 15 is 0 Å². The van der Waals surface area contributed by atoms with Gasteiger partial charge in [-0.05, 0) is 56.5 Å². The van der Waals surface area contributed by atoms with Crippen LogP contribution in [-0.2, 0) is 0 Å². The highest BCUT2D eigenvalue weighted by Gasteiger charge is 2.35. The predicted octanol–water partition coefficient (Wildman–Crippen LogP) is 2.04. The predicted molar refractivity (Wildman–Crippen MR) is 111 cm³/mol. The number of rotatable bonds is 5. The second-order valence-electron chi connectivity index (χ2n) is 8.44. The van der Waals surface area contributed by atoms with Crippen molar-refractivity contribution in [2.75, 3.05) is 44.2 Å². The molecule has 8 heteroatoms. The second-order valence-corrected chi connectivity index (χ2v) is 8.44. The third kappa shape index (κ3) is 3.25. The Morgan fingerprint density at radius 2 is 2.07 bits per heavy atom. The minimum atomic E-state index is -0.132. The van der Waals surface area contributed by atoms with E-state index < -0.39 is 0 Å². The number of fused-ring (bicyclic) bond motifs is 4. The summed E-state index contributed by atoms with van der Waals surface area (Å²) >= 11 is 0. The van der Waals surface area contributed by atoms with Crippen LogP contribution in [-0.4, -0.2) is 77.2 Å². The van der Waals surface area contributed by atoms with Gasteiger partial charge in [-0.15, -0.1) is 0 Å². The number of piperidine rings is 3. The zero-order chi connectivity index (χ0) is 20.0. The van der Waals surface area contributed by atoms with Crippen molar-refractivity contribution < 1.29 is 9.59 Å². The summed E-state index contributed by atoms with van der Waals surface area (Å²) in [6.45, 7) is 7.48. The lowest BCUT2D eigenvalue weighted by Gasteiger charge is -2.44. The third-order valence-electron chi connectivity index (χ3n) is 6.63. The van der Waals surface area contributed by atoms with Gasteiger partial charge < -0.3 is 15.1 Å². The first kappa shape index (κ1) is 18.4. The molecule has 0 radical (unpaired) electrons. The molecule has 4 saturated heterocycles. The number of H-pyrrole nitrogens is 1. The minimum absolute atomic E-state index is 0.0352. The van der Waals surface area contributed by atoms with Gasteiger partial charge in [0, 0.05) is 43.3 Å². The van der Waals surface area contributed by atoms with E-state index in [1.807, 2.05) is 23.1 Å². The molecule has 1 aromatic heterocycles. The highest BCUT2D eigenvalue weighted by molar-refractivity contribution is 6.06. The first-order chi connectivity index (χ1) is 14.1. The molecule has 6 rings (SSSR count). The molecule has 0 spiro atoms. The van der Waals surface area contributed by atoms with Crippen LogP contribution in [0.4, 0.5) is 10.5 Å². The molecule has 0 unspecified atom stereocenters. The molecule has 1 aromatic carbocycles. The standard InChI is InChI=1S/C21H28N6O2/c1-2-7-26-10-11-27(21(26)29)15-3-4-17-16(12-15)19(24-23-17)20(28)22-18-13-25-8-5-14(18)6-9-25/h3-4,12,14,18H,2,5-11,13H2,1H3,(H,22,28)(H,23,24)/t18-/m1/s1. The maximum atomic E-state index is 13.0. The number of hydrogen-bond acceptors (Lipinski definition) is 4. The Bertz CT molecular complexity index is 932. The Morgan fingerprint density at radius 1 is 1.24 bits per heavy atom. The first-order valence-electron chi connectivity index (χ1n) is 10.7. The summed E-state index contributed by atoms with van der Waals surface area (Å²) in [6.07, 6.45) is 3.26. The van der Waals surface area contributed by atoms with Crippen molar-refractivity contribution in [1.82, 2.24) is 25.3 Å². The van der Waals surface area contributed by atoms with Gasteiger partial charge in [-0.2, -0.15) is 5.10 Å². The van der Waals surface area contributed by atoms with Gasteiger partial charge in [0.25, 0.3) is 5.91 Å². The molecule has 3 amide bonds. The van der Waals surface area contributed by atoms with E-state index in [9.17, 15) is 9.59 Å². The number of nitrogens with one attached hydrogen (secondary N) is 2. The van der Waals surface area contributed by atoms with Crippen LogP contribution in [0.1, 0.15) is 36.7 Å². The van der Waals surface area contributed by atoms with Gasteiger partial charge in [0.05, 0.1) is 5.52 Å². The molecule has 29 heavy (non-hydrogen) atoms. The Balaban J connectivity index is 1.37. The normalized spacial score (nSPS) is 26.5. The molecule has 0 aliphatic carbocycles. The van der Waals surface area contributed by atoms with Crippen LogP contribution in [0.25, 0.3) is 10.9 Å². The van der Waals surface area contributed by atoms with E-state index in [-0.39, 0.29) is 18.0 Å². The second kappa shape index (κ2) is 7.33. The first-order valence-corrected chi connectivity index (χ1v) is 10.7. The van der Waals surface area contributed by atoms with Gasteiger partial charge in [0.2, 0.25) is 0 Å². The molecule has 4 aliphatic rings. The highest BCUT2D eigenvalue weighted by atomic mass is 16.2. The van der Waals surface area contributed by atoms with Crippen molar-refractivity contribution in [2.24, 2.45) is 5.92 Å². The summed E-state index contributed by atoms with van der Waals surface area (Å²) in [7, 11) is 0. The van der Waals surface area contributed by atoms with Gasteiger partial charge in [-0.3, -0.25) is 14.8 Å². The lowest BCUT2D eigenvalue weighted by Crippen LogP contribution is -2.57. The number of carbonyl (C=O) groups excluding carboxylic acids is 2. The summed E-state index contributed by atoms with van der Waals surface area (Å²) in [6, 6.07) is 5.97. The van der Waals surface area contributed by atoms with Crippen LogP contribution < -0.4 is 10.2 Å². The molecule has 4 fully saturated rings. The smallest absolute Gasteiger partial charge is 0.324 e. The number of hydrogen-bond donors (Lipinski definition) is 2. The average Bonchev–Trinajstić information content (AvgIpc) is 3.32. The van der Waals surface area contributed by atoms with E-state index in [1.54, 1.807) is 4.90 Å². The maximum Gasteiger partial charge on any atom is 0.324 e. The largest absolute Gasteiger partial charge is 0.346 e. The van der Waals surface area contributed by atoms with Crippen LogP contribution in [0.5, 0.6) is 0 Å². The number of amides is 3. The van der Waals surface area contributed by atoms with Crippen LogP contribution in [0, 0.1) is 5.92 Å². The number of benzene rings is 1. The summed E-state index contributed by atoms with van der Waals surface area (Å²) in [5, 5.41) is 11.2. The third-order valence-corrected chi connectivity index (χ3v) is 6.63. The number of urea groups is 1. The number of aromatic amines is 1. The average molecular weight is 396 g/mol. The molecular formula is C21H28N6O2. The fraction of sp³-hybridized carbons (Fsp3) is 0.571.